The first-order chi connectivity index (χ1) is 10.0. The number of benzene rings is 2. The molecule has 0 aliphatic rings. The van der Waals surface area contributed by atoms with Gasteiger partial charge in [0.15, 0.2) is 0 Å². The molecule has 0 aliphatic carbocycles. The Labute approximate surface area is 129 Å². The molecule has 0 amide bonds. The van der Waals surface area contributed by atoms with Crippen LogP contribution in [-0.4, -0.2) is 6.54 Å². The highest BCUT2D eigenvalue weighted by Crippen LogP contribution is 2.28. The van der Waals surface area contributed by atoms with Gasteiger partial charge in [-0.2, -0.15) is 0 Å². The summed E-state index contributed by atoms with van der Waals surface area (Å²) in [6, 6.07) is 13.9. The molecule has 2 aromatic carbocycles. The largest absolute Gasteiger partial charge is 0.310 e. The van der Waals surface area contributed by atoms with Crippen LogP contribution in [0, 0.1) is 20.8 Å². The van der Waals surface area contributed by atoms with E-state index >= 15 is 0 Å². The number of rotatable bonds is 5. The predicted octanol–water partition coefficient (Wildman–Crippen LogP) is 5.34. The van der Waals surface area contributed by atoms with Crippen LogP contribution in [0.25, 0.3) is 11.1 Å². The molecule has 0 saturated heterocycles. The van der Waals surface area contributed by atoms with Gasteiger partial charge in [-0.05, 0) is 80.1 Å². The molecule has 2 rings (SSSR count). The molecule has 0 bridgehead atoms. The van der Waals surface area contributed by atoms with E-state index in [1.165, 1.54) is 39.8 Å². The Morgan fingerprint density at radius 1 is 0.952 bits per heavy atom. The lowest BCUT2D eigenvalue weighted by Gasteiger charge is -2.16. The molecule has 0 radical (unpaired) electrons. The van der Waals surface area contributed by atoms with Gasteiger partial charge >= 0.3 is 0 Å². The van der Waals surface area contributed by atoms with Crippen LogP contribution in [-0.2, 0) is 0 Å². The van der Waals surface area contributed by atoms with Crippen LogP contribution in [0.1, 0.15) is 48.6 Å². The van der Waals surface area contributed by atoms with Crippen LogP contribution >= 0.6 is 0 Å². The third-order valence-electron chi connectivity index (χ3n) is 4.24. The summed E-state index contributed by atoms with van der Waals surface area (Å²) >= 11 is 0. The second kappa shape index (κ2) is 6.91. The standard InChI is InChI=1S/C20H27N/c1-6-10-21-17(5)18-8-7-9-19(13-18)20-12-15(3)14(2)11-16(20)4/h7-9,11-13,17,21H,6,10H2,1-5H3. The predicted molar refractivity (Wildman–Crippen MR) is 92.8 cm³/mol. The average Bonchev–Trinajstić information content (AvgIpc) is 2.48. The van der Waals surface area contributed by atoms with Crippen LogP contribution in [0.2, 0.25) is 0 Å². The lowest BCUT2D eigenvalue weighted by molar-refractivity contribution is 0.571. The van der Waals surface area contributed by atoms with Crippen LogP contribution in [0.5, 0.6) is 0 Å². The fraction of sp³-hybridized carbons (Fsp3) is 0.400. The van der Waals surface area contributed by atoms with Crippen molar-refractivity contribution in [3.8, 4) is 11.1 Å². The van der Waals surface area contributed by atoms with Gasteiger partial charge in [0.05, 0.1) is 0 Å². The maximum absolute atomic E-state index is 3.56. The van der Waals surface area contributed by atoms with Gasteiger partial charge in [0.1, 0.15) is 0 Å². The molecule has 1 unspecified atom stereocenters. The molecule has 1 nitrogen and oxygen atoms in total. The fourth-order valence-electron chi connectivity index (χ4n) is 2.73. The summed E-state index contributed by atoms with van der Waals surface area (Å²) in [4.78, 5) is 0. The van der Waals surface area contributed by atoms with Gasteiger partial charge in [-0.1, -0.05) is 37.3 Å². The summed E-state index contributed by atoms with van der Waals surface area (Å²) in [5, 5.41) is 3.56. The lowest BCUT2D eigenvalue weighted by Crippen LogP contribution is -2.19. The minimum atomic E-state index is 0.400. The van der Waals surface area contributed by atoms with Crippen molar-refractivity contribution >= 4 is 0 Å². The molecule has 1 heteroatoms. The van der Waals surface area contributed by atoms with Gasteiger partial charge in [0.25, 0.3) is 0 Å². The highest BCUT2D eigenvalue weighted by atomic mass is 14.9. The summed E-state index contributed by atoms with van der Waals surface area (Å²) in [6.07, 6.45) is 1.17. The van der Waals surface area contributed by atoms with Crippen molar-refractivity contribution < 1.29 is 0 Å². The first-order valence-corrected chi connectivity index (χ1v) is 7.94. The molecule has 2 aromatic rings. The van der Waals surface area contributed by atoms with Gasteiger partial charge < -0.3 is 5.32 Å². The van der Waals surface area contributed by atoms with Crippen molar-refractivity contribution in [2.45, 2.75) is 47.1 Å². The Kier molecular flexibility index (Phi) is 5.19. The maximum Gasteiger partial charge on any atom is 0.0292 e. The van der Waals surface area contributed by atoms with Crippen LogP contribution in [0.4, 0.5) is 0 Å². The molecule has 1 atom stereocenters. The zero-order chi connectivity index (χ0) is 15.4. The van der Waals surface area contributed by atoms with Crippen molar-refractivity contribution in [1.82, 2.24) is 5.32 Å². The second-order valence-corrected chi connectivity index (χ2v) is 6.05. The first-order valence-electron chi connectivity index (χ1n) is 7.94. The van der Waals surface area contributed by atoms with Gasteiger partial charge in [-0.15, -0.1) is 0 Å². The van der Waals surface area contributed by atoms with Gasteiger partial charge in [-0.3, -0.25) is 0 Å². The van der Waals surface area contributed by atoms with E-state index in [1.807, 2.05) is 0 Å². The third kappa shape index (κ3) is 3.74. The fourth-order valence-corrected chi connectivity index (χ4v) is 2.73. The molecule has 0 heterocycles. The summed E-state index contributed by atoms with van der Waals surface area (Å²) < 4.78 is 0. The number of hydrogen-bond acceptors (Lipinski definition) is 1. The monoisotopic (exact) mass is 281 g/mol. The highest BCUT2D eigenvalue weighted by molar-refractivity contribution is 5.69. The molecule has 1 N–H and O–H groups in total. The van der Waals surface area contributed by atoms with E-state index in [-0.39, 0.29) is 0 Å². The third-order valence-corrected chi connectivity index (χ3v) is 4.24. The minimum absolute atomic E-state index is 0.400. The molecule has 112 valence electrons. The zero-order valence-electron chi connectivity index (χ0n) is 14.0. The Bertz CT molecular complexity index is 613. The Balaban J connectivity index is 2.35. The van der Waals surface area contributed by atoms with Gasteiger partial charge in [0, 0.05) is 6.04 Å². The Hall–Kier alpha value is -1.60. The van der Waals surface area contributed by atoms with Crippen molar-refractivity contribution in [1.29, 1.82) is 0 Å². The van der Waals surface area contributed by atoms with E-state index in [2.05, 4.69) is 76.3 Å². The van der Waals surface area contributed by atoms with Gasteiger partial charge in [0.2, 0.25) is 0 Å². The second-order valence-electron chi connectivity index (χ2n) is 6.05. The van der Waals surface area contributed by atoms with E-state index in [0.717, 1.165) is 6.54 Å². The number of hydrogen-bond donors (Lipinski definition) is 1. The molecule has 0 saturated carbocycles. The molecule has 0 fully saturated rings. The van der Waals surface area contributed by atoms with Gasteiger partial charge in [-0.25, -0.2) is 0 Å². The van der Waals surface area contributed by atoms with E-state index in [9.17, 15) is 0 Å². The molecular weight excluding hydrogens is 254 g/mol. The minimum Gasteiger partial charge on any atom is -0.310 e. The molecule has 0 spiro atoms. The van der Waals surface area contributed by atoms with Crippen molar-refractivity contribution in [3.63, 3.8) is 0 Å². The smallest absolute Gasteiger partial charge is 0.0292 e. The van der Waals surface area contributed by atoms with Crippen molar-refractivity contribution in [2.24, 2.45) is 0 Å². The number of nitrogens with one attached hydrogen (secondary N) is 1. The Morgan fingerprint density at radius 2 is 1.67 bits per heavy atom. The van der Waals surface area contributed by atoms with Crippen LogP contribution < -0.4 is 5.32 Å². The summed E-state index contributed by atoms with van der Waals surface area (Å²) in [6.45, 7) is 12.1. The van der Waals surface area contributed by atoms with Crippen LogP contribution in [0.3, 0.4) is 0 Å². The average molecular weight is 281 g/mol. The van der Waals surface area contributed by atoms with Crippen molar-refractivity contribution in [3.05, 3.63) is 58.7 Å². The van der Waals surface area contributed by atoms with E-state index in [0.29, 0.717) is 6.04 Å². The van der Waals surface area contributed by atoms with Crippen molar-refractivity contribution in [2.75, 3.05) is 6.54 Å². The van der Waals surface area contributed by atoms with Crippen LogP contribution in [0.15, 0.2) is 36.4 Å². The van der Waals surface area contributed by atoms with E-state index in [1.54, 1.807) is 0 Å². The number of aryl methyl sites for hydroxylation is 3. The normalized spacial score (nSPS) is 12.4. The Morgan fingerprint density at radius 3 is 2.38 bits per heavy atom. The highest BCUT2D eigenvalue weighted by Gasteiger charge is 2.08. The molecule has 21 heavy (non-hydrogen) atoms. The summed E-state index contributed by atoms with van der Waals surface area (Å²) in [5.74, 6) is 0. The quantitative estimate of drug-likeness (QED) is 0.780. The molecule has 0 aliphatic heterocycles. The lowest BCUT2D eigenvalue weighted by atomic mass is 9.93. The summed E-state index contributed by atoms with van der Waals surface area (Å²) in [7, 11) is 0. The van der Waals surface area contributed by atoms with E-state index < -0.39 is 0 Å². The first kappa shape index (κ1) is 15.8. The molecule has 0 aromatic heterocycles. The molecular formula is C20H27N. The zero-order valence-corrected chi connectivity index (χ0v) is 14.0. The summed E-state index contributed by atoms with van der Waals surface area (Å²) in [5.41, 5.74) is 8.10. The van der Waals surface area contributed by atoms with E-state index in [4.69, 9.17) is 0 Å². The SMILES string of the molecule is CCCNC(C)c1cccc(-c2cc(C)c(C)cc2C)c1. The maximum atomic E-state index is 3.56. The topological polar surface area (TPSA) is 12.0 Å².